The summed E-state index contributed by atoms with van der Waals surface area (Å²) in [6, 6.07) is 5.34. The molecule has 1 aromatic rings. The summed E-state index contributed by atoms with van der Waals surface area (Å²) in [6.07, 6.45) is 0.0909. The fourth-order valence-corrected chi connectivity index (χ4v) is 1.90. The SMILES string of the molecule is CN(C)CCN(CCC(=O)O)c1ccc(Cl)c(Cl)c1. The minimum absolute atomic E-state index is 0.0909. The predicted molar refractivity (Wildman–Crippen MR) is 79.5 cm³/mol. The Labute approximate surface area is 123 Å². The molecule has 0 aliphatic rings. The van der Waals surface area contributed by atoms with Crippen molar-refractivity contribution in [3.8, 4) is 0 Å². The van der Waals surface area contributed by atoms with Crippen molar-refractivity contribution in [3.63, 3.8) is 0 Å². The zero-order valence-electron chi connectivity index (χ0n) is 11.1. The molecule has 1 aromatic carbocycles. The van der Waals surface area contributed by atoms with E-state index in [0.29, 0.717) is 16.6 Å². The number of halogens is 2. The summed E-state index contributed by atoms with van der Waals surface area (Å²) in [5, 5.41) is 9.77. The molecular formula is C13H18Cl2N2O2. The second-order valence-electron chi connectivity index (χ2n) is 4.53. The number of carboxylic acids is 1. The third kappa shape index (κ3) is 5.68. The highest BCUT2D eigenvalue weighted by Gasteiger charge is 2.10. The summed E-state index contributed by atoms with van der Waals surface area (Å²) in [5.74, 6) is -0.810. The van der Waals surface area contributed by atoms with E-state index in [-0.39, 0.29) is 6.42 Å². The summed E-state index contributed by atoms with van der Waals surface area (Å²) in [5.41, 5.74) is 0.887. The van der Waals surface area contributed by atoms with Crippen LogP contribution < -0.4 is 4.90 Å². The monoisotopic (exact) mass is 304 g/mol. The Balaban J connectivity index is 2.80. The molecule has 6 heteroatoms. The van der Waals surface area contributed by atoms with E-state index in [1.807, 2.05) is 30.0 Å². The van der Waals surface area contributed by atoms with Gasteiger partial charge >= 0.3 is 5.97 Å². The first-order chi connectivity index (χ1) is 8.90. The van der Waals surface area contributed by atoms with Gasteiger partial charge in [-0.1, -0.05) is 23.2 Å². The smallest absolute Gasteiger partial charge is 0.305 e. The molecule has 0 amide bonds. The fraction of sp³-hybridized carbons (Fsp3) is 0.462. The maximum Gasteiger partial charge on any atom is 0.305 e. The minimum Gasteiger partial charge on any atom is -0.481 e. The van der Waals surface area contributed by atoms with E-state index in [2.05, 4.69) is 0 Å². The number of anilines is 1. The molecule has 0 heterocycles. The molecule has 0 atom stereocenters. The number of aliphatic carboxylic acids is 1. The molecule has 0 saturated heterocycles. The number of benzene rings is 1. The lowest BCUT2D eigenvalue weighted by Gasteiger charge is -2.26. The average molecular weight is 305 g/mol. The number of likely N-dealkylation sites (N-methyl/N-ethyl adjacent to an activating group) is 1. The predicted octanol–water partition coefficient (Wildman–Crippen LogP) is 2.84. The Hall–Kier alpha value is -0.970. The zero-order valence-corrected chi connectivity index (χ0v) is 12.6. The van der Waals surface area contributed by atoms with Crippen LogP contribution in [0.25, 0.3) is 0 Å². The summed E-state index contributed by atoms with van der Waals surface area (Å²) in [6.45, 7) is 2.01. The molecular weight excluding hydrogens is 287 g/mol. The van der Waals surface area contributed by atoms with Crippen LogP contribution in [0.1, 0.15) is 6.42 Å². The second-order valence-corrected chi connectivity index (χ2v) is 5.35. The van der Waals surface area contributed by atoms with E-state index >= 15 is 0 Å². The van der Waals surface area contributed by atoms with Gasteiger partial charge in [-0.25, -0.2) is 0 Å². The van der Waals surface area contributed by atoms with Crippen molar-refractivity contribution in [2.45, 2.75) is 6.42 Å². The highest BCUT2D eigenvalue weighted by Crippen LogP contribution is 2.27. The number of carboxylic acid groups (broad SMARTS) is 1. The number of rotatable bonds is 7. The highest BCUT2D eigenvalue weighted by molar-refractivity contribution is 6.42. The summed E-state index contributed by atoms with van der Waals surface area (Å²) >= 11 is 11.9. The van der Waals surface area contributed by atoms with Crippen LogP contribution in [0.3, 0.4) is 0 Å². The first-order valence-corrected chi connectivity index (χ1v) is 6.72. The molecule has 0 saturated carbocycles. The van der Waals surface area contributed by atoms with Gasteiger partial charge in [-0.05, 0) is 32.3 Å². The summed E-state index contributed by atoms with van der Waals surface area (Å²) in [7, 11) is 3.95. The third-order valence-electron chi connectivity index (χ3n) is 2.68. The molecule has 1 N–H and O–H groups in total. The van der Waals surface area contributed by atoms with Gasteiger partial charge in [-0.2, -0.15) is 0 Å². The van der Waals surface area contributed by atoms with Crippen LogP contribution in [-0.4, -0.2) is 49.7 Å². The van der Waals surface area contributed by atoms with E-state index in [1.54, 1.807) is 12.1 Å². The van der Waals surface area contributed by atoms with Crippen LogP contribution >= 0.6 is 23.2 Å². The molecule has 0 spiro atoms. The van der Waals surface area contributed by atoms with Crippen LogP contribution in [0.4, 0.5) is 5.69 Å². The van der Waals surface area contributed by atoms with Crippen molar-refractivity contribution in [2.75, 3.05) is 38.6 Å². The van der Waals surface area contributed by atoms with Crippen LogP contribution in [0.2, 0.25) is 10.0 Å². The molecule has 1 rings (SSSR count). The topological polar surface area (TPSA) is 43.8 Å². The molecule has 0 unspecified atom stereocenters. The van der Waals surface area contributed by atoms with Gasteiger partial charge in [0.2, 0.25) is 0 Å². The lowest BCUT2D eigenvalue weighted by atomic mass is 10.2. The molecule has 0 aliphatic carbocycles. The molecule has 4 nitrogen and oxygen atoms in total. The Bertz CT molecular complexity index is 439. The number of hydrogen-bond acceptors (Lipinski definition) is 3. The first kappa shape index (κ1) is 16.1. The van der Waals surface area contributed by atoms with Crippen molar-refractivity contribution < 1.29 is 9.90 Å². The van der Waals surface area contributed by atoms with Crippen LogP contribution in [0, 0.1) is 0 Å². The fourth-order valence-electron chi connectivity index (χ4n) is 1.60. The molecule has 0 fully saturated rings. The summed E-state index contributed by atoms with van der Waals surface area (Å²) in [4.78, 5) is 14.8. The Kier molecular flexibility index (Phi) is 6.42. The van der Waals surface area contributed by atoms with Gasteiger partial charge in [-0.3, -0.25) is 4.79 Å². The molecule has 0 aromatic heterocycles. The van der Waals surface area contributed by atoms with Gasteiger partial charge < -0.3 is 14.9 Å². The molecule has 0 radical (unpaired) electrons. The van der Waals surface area contributed by atoms with E-state index < -0.39 is 5.97 Å². The van der Waals surface area contributed by atoms with Crippen molar-refractivity contribution in [2.24, 2.45) is 0 Å². The van der Waals surface area contributed by atoms with Crippen molar-refractivity contribution in [3.05, 3.63) is 28.2 Å². The minimum atomic E-state index is -0.810. The normalized spacial score (nSPS) is 10.8. The maximum absolute atomic E-state index is 10.7. The molecule has 106 valence electrons. The molecule has 0 aliphatic heterocycles. The van der Waals surface area contributed by atoms with E-state index in [0.717, 1.165) is 18.8 Å². The molecule has 19 heavy (non-hydrogen) atoms. The average Bonchev–Trinajstić information content (AvgIpc) is 2.32. The standard InChI is InChI=1S/C13H18Cl2N2O2/c1-16(2)7-8-17(6-5-13(18)19)10-3-4-11(14)12(15)9-10/h3-4,9H,5-8H2,1-2H3,(H,18,19). The van der Waals surface area contributed by atoms with Gasteiger partial charge in [0, 0.05) is 25.3 Å². The zero-order chi connectivity index (χ0) is 14.4. The van der Waals surface area contributed by atoms with Crippen LogP contribution in [-0.2, 0) is 4.79 Å². The Morgan fingerprint density at radius 1 is 1.16 bits per heavy atom. The van der Waals surface area contributed by atoms with Gasteiger partial charge in [0.25, 0.3) is 0 Å². The highest BCUT2D eigenvalue weighted by atomic mass is 35.5. The van der Waals surface area contributed by atoms with Gasteiger partial charge in [0.1, 0.15) is 0 Å². The van der Waals surface area contributed by atoms with Gasteiger partial charge in [-0.15, -0.1) is 0 Å². The Morgan fingerprint density at radius 3 is 2.37 bits per heavy atom. The lowest BCUT2D eigenvalue weighted by Crippen LogP contribution is -2.33. The van der Waals surface area contributed by atoms with E-state index in [4.69, 9.17) is 28.3 Å². The van der Waals surface area contributed by atoms with E-state index in [1.165, 1.54) is 0 Å². The van der Waals surface area contributed by atoms with Crippen molar-refractivity contribution in [1.82, 2.24) is 4.90 Å². The quantitative estimate of drug-likeness (QED) is 0.841. The van der Waals surface area contributed by atoms with Gasteiger partial charge in [0.05, 0.1) is 16.5 Å². The number of carbonyl (C=O) groups is 1. The number of hydrogen-bond donors (Lipinski definition) is 1. The van der Waals surface area contributed by atoms with Crippen molar-refractivity contribution in [1.29, 1.82) is 0 Å². The second kappa shape index (κ2) is 7.58. The van der Waals surface area contributed by atoms with Crippen molar-refractivity contribution >= 4 is 34.9 Å². The van der Waals surface area contributed by atoms with Crippen LogP contribution in [0.15, 0.2) is 18.2 Å². The Morgan fingerprint density at radius 2 is 1.84 bits per heavy atom. The lowest BCUT2D eigenvalue weighted by molar-refractivity contribution is -0.136. The van der Waals surface area contributed by atoms with E-state index in [9.17, 15) is 4.79 Å². The van der Waals surface area contributed by atoms with Gasteiger partial charge in [0.15, 0.2) is 0 Å². The maximum atomic E-state index is 10.7. The third-order valence-corrected chi connectivity index (χ3v) is 3.42. The summed E-state index contributed by atoms with van der Waals surface area (Å²) < 4.78 is 0. The number of nitrogens with zero attached hydrogens (tertiary/aromatic N) is 2. The largest absolute Gasteiger partial charge is 0.481 e. The first-order valence-electron chi connectivity index (χ1n) is 5.96. The molecule has 0 bridgehead atoms. The van der Waals surface area contributed by atoms with Crippen LogP contribution in [0.5, 0.6) is 0 Å².